The molecular weight excluding hydrogens is 384 g/mol. The van der Waals surface area contributed by atoms with Gasteiger partial charge in [0.05, 0.1) is 40.1 Å². The zero-order chi connectivity index (χ0) is 21.3. The highest BCUT2D eigenvalue weighted by Gasteiger charge is 2.24. The number of nitrogens with one attached hydrogen (secondary N) is 1. The highest BCUT2D eigenvalue weighted by molar-refractivity contribution is 5.94. The molecule has 1 N–H and O–H groups in total. The lowest BCUT2D eigenvalue weighted by atomic mass is 10.0. The topological polar surface area (TPSA) is 69.3 Å². The van der Waals surface area contributed by atoms with Gasteiger partial charge in [0.2, 0.25) is 0 Å². The number of rotatable bonds is 9. The van der Waals surface area contributed by atoms with Crippen molar-refractivity contribution in [2.24, 2.45) is 0 Å². The van der Waals surface area contributed by atoms with Crippen LogP contribution in [0.15, 0.2) is 42.5 Å². The number of morpholine rings is 1. The number of benzene rings is 2. The summed E-state index contributed by atoms with van der Waals surface area (Å²) in [6, 6.07) is 13.1. The van der Waals surface area contributed by atoms with Gasteiger partial charge in [-0.15, -0.1) is 0 Å². The average Bonchev–Trinajstić information content (AvgIpc) is 2.80. The summed E-state index contributed by atoms with van der Waals surface area (Å²) in [5.41, 5.74) is 1.63. The lowest BCUT2D eigenvalue weighted by Gasteiger charge is -2.35. The van der Waals surface area contributed by atoms with Crippen molar-refractivity contribution < 1.29 is 23.7 Å². The van der Waals surface area contributed by atoms with Crippen LogP contribution in [0.3, 0.4) is 0 Å². The second-order valence-corrected chi connectivity index (χ2v) is 6.95. The van der Waals surface area contributed by atoms with Crippen LogP contribution in [0.2, 0.25) is 0 Å². The summed E-state index contributed by atoms with van der Waals surface area (Å²) in [6.45, 7) is 5.93. The van der Waals surface area contributed by atoms with Crippen molar-refractivity contribution in [2.75, 3.05) is 53.7 Å². The zero-order valence-electron chi connectivity index (χ0n) is 17.8. The minimum atomic E-state index is -0.134. The first kappa shape index (κ1) is 21.9. The number of hydrogen-bond donors (Lipinski definition) is 1. The predicted octanol–water partition coefficient (Wildman–Crippen LogP) is 2.91. The normalized spacial score (nSPS) is 15.3. The summed E-state index contributed by atoms with van der Waals surface area (Å²) in [6.07, 6.45) is 0. The first-order chi connectivity index (χ1) is 14.7. The third-order valence-corrected chi connectivity index (χ3v) is 5.15. The van der Waals surface area contributed by atoms with Gasteiger partial charge in [0.15, 0.2) is 11.5 Å². The third-order valence-electron chi connectivity index (χ3n) is 5.15. The smallest absolute Gasteiger partial charge is 0.251 e. The molecule has 1 aliphatic rings. The molecule has 0 aromatic heterocycles. The zero-order valence-corrected chi connectivity index (χ0v) is 17.8. The van der Waals surface area contributed by atoms with Gasteiger partial charge in [-0.25, -0.2) is 0 Å². The molecule has 1 saturated heterocycles. The van der Waals surface area contributed by atoms with E-state index in [1.54, 1.807) is 26.4 Å². The fourth-order valence-electron chi connectivity index (χ4n) is 3.57. The Balaban J connectivity index is 1.79. The molecule has 1 aliphatic heterocycles. The molecule has 1 fully saturated rings. The Morgan fingerprint density at radius 2 is 1.90 bits per heavy atom. The largest absolute Gasteiger partial charge is 0.497 e. The standard InChI is InChI=1S/C23H30N2O5/c1-4-30-21-9-8-17(15-22(21)28-3)20(25-10-12-29-13-11-25)16-24-23(26)18-6-5-7-19(14-18)27-2/h5-9,14-15,20H,4,10-13,16H2,1-3H3,(H,24,26)/t20-/m0/s1. The van der Waals surface area contributed by atoms with Crippen LogP contribution in [0.25, 0.3) is 0 Å². The molecule has 0 bridgehead atoms. The summed E-state index contributed by atoms with van der Waals surface area (Å²) >= 11 is 0. The maximum absolute atomic E-state index is 12.7. The van der Waals surface area contributed by atoms with Gasteiger partial charge in [-0.05, 0) is 42.8 Å². The molecule has 0 radical (unpaired) electrons. The lowest BCUT2D eigenvalue weighted by molar-refractivity contribution is 0.0162. The van der Waals surface area contributed by atoms with Crippen LogP contribution < -0.4 is 19.5 Å². The van der Waals surface area contributed by atoms with E-state index in [0.717, 1.165) is 18.7 Å². The van der Waals surface area contributed by atoms with Crippen molar-refractivity contribution in [3.05, 3.63) is 53.6 Å². The van der Waals surface area contributed by atoms with E-state index in [4.69, 9.17) is 18.9 Å². The fraction of sp³-hybridized carbons (Fsp3) is 0.435. The molecule has 0 unspecified atom stereocenters. The Hall–Kier alpha value is -2.77. The minimum absolute atomic E-state index is 0.00645. The molecule has 0 saturated carbocycles. The Kier molecular flexibility index (Phi) is 7.93. The van der Waals surface area contributed by atoms with Crippen LogP contribution in [0.5, 0.6) is 17.2 Å². The summed E-state index contributed by atoms with van der Waals surface area (Å²) < 4.78 is 21.9. The number of hydrogen-bond acceptors (Lipinski definition) is 6. The van der Waals surface area contributed by atoms with Gasteiger partial charge >= 0.3 is 0 Å². The van der Waals surface area contributed by atoms with Gasteiger partial charge in [0.1, 0.15) is 5.75 Å². The Morgan fingerprint density at radius 3 is 2.60 bits per heavy atom. The van der Waals surface area contributed by atoms with E-state index in [-0.39, 0.29) is 11.9 Å². The highest BCUT2D eigenvalue weighted by Crippen LogP contribution is 2.32. The molecule has 0 aliphatic carbocycles. The number of amides is 1. The van der Waals surface area contributed by atoms with Crippen LogP contribution >= 0.6 is 0 Å². The van der Waals surface area contributed by atoms with Crippen molar-refractivity contribution >= 4 is 5.91 Å². The van der Waals surface area contributed by atoms with E-state index >= 15 is 0 Å². The maximum Gasteiger partial charge on any atom is 0.251 e. The average molecular weight is 415 g/mol. The second kappa shape index (κ2) is 10.8. The molecule has 1 heterocycles. The van der Waals surface area contributed by atoms with Crippen LogP contribution in [0, 0.1) is 0 Å². The molecule has 2 aromatic rings. The van der Waals surface area contributed by atoms with E-state index in [1.807, 2.05) is 37.3 Å². The van der Waals surface area contributed by atoms with Crippen LogP contribution in [0.4, 0.5) is 0 Å². The molecule has 1 atom stereocenters. The maximum atomic E-state index is 12.7. The van der Waals surface area contributed by atoms with Crippen molar-refractivity contribution in [3.8, 4) is 17.2 Å². The molecule has 7 heteroatoms. The number of carbonyl (C=O) groups excluding carboxylic acids is 1. The van der Waals surface area contributed by atoms with E-state index in [9.17, 15) is 4.79 Å². The second-order valence-electron chi connectivity index (χ2n) is 6.95. The van der Waals surface area contributed by atoms with Gasteiger partial charge in [-0.3, -0.25) is 9.69 Å². The number of ether oxygens (including phenoxy) is 4. The Labute approximate surface area is 177 Å². The molecule has 7 nitrogen and oxygen atoms in total. The minimum Gasteiger partial charge on any atom is -0.497 e. The molecule has 0 spiro atoms. The Bertz CT molecular complexity index is 836. The SMILES string of the molecule is CCOc1ccc([C@H](CNC(=O)c2cccc(OC)c2)N2CCOCC2)cc1OC. The van der Waals surface area contributed by atoms with Gasteiger partial charge in [-0.1, -0.05) is 12.1 Å². The summed E-state index contributed by atoms with van der Waals surface area (Å²) in [5, 5.41) is 3.07. The monoisotopic (exact) mass is 414 g/mol. The molecule has 3 rings (SSSR count). The number of methoxy groups -OCH3 is 2. The lowest BCUT2D eigenvalue weighted by Crippen LogP contribution is -2.43. The first-order valence-electron chi connectivity index (χ1n) is 10.2. The quantitative estimate of drug-likeness (QED) is 0.681. The van der Waals surface area contributed by atoms with Gasteiger partial charge in [0, 0.05) is 25.2 Å². The molecule has 2 aromatic carbocycles. The predicted molar refractivity (Wildman–Crippen MR) is 115 cm³/mol. The molecular formula is C23H30N2O5. The van der Waals surface area contributed by atoms with Gasteiger partial charge in [-0.2, -0.15) is 0 Å². The van der Waals surface area contributed by atoms with E-state index in [2.05, 4.69) is 10.2 Å². The van der Waals surface area contributed by atoms with Gasteiger partial charge in [0.25, 0.3) is 5.91 Å². The first-order valence-corrected chi connectivity index (χ1v) is 10.2. The summed E-state index contributed by atoms with van der Waals surface area (Å²) in [7, 11) is 3.22. The summed E-state index contributed by atoms with van der Waals surface area (Å²) in [4.78, 5) is 15.1. The van der Waals surface area contributed by atoms with Crippen LogP contribution in [0.1, 0.15) is 28.9 Å². The number of carbonyl (C=O) groups is 1. The van der Waals surface area contributed by atoms with E-state index < -0.39 is 0 Å². The third kappa shape index (κ3) is 5.43. The molecule has 30 heavy (non-hydrogen) atoms. The van der Waals surface area contributed by atoms with Gasteiger partial charge < -0.3 is 24.3 Å². The molecule has 162 valence electrons. The van der Waals surface area contributed by atoms with Crippen molar-refractivity contribution in [1.29, 1.82) is 0 Å². The summed E-state index contributed by atoms with van der Waals surface area (Å²) in [5.74, 6) is 1.92. The van der Waals surface area contributed by atoms with Crippen molar-refractivity contribution in [2.45, 2.75) is 13.0 Å². The van der Waals surface area contributed by atoms with Crippen LogP contribution in [-0.2, 0) is 4.74 Å². The van der Waals surface area contributed by atoms with Crippen molar-refractivity contribution in [1.82, 2.24) is 10.2 Å². The Morgan fingerprint density at radius 1 is 1.10 bits per heavy atom. The number of nitrogens with zero attached hydrogens (tertiary/aromatic N) is 1. The van der Waals surface area contributed by atoms with E-state index in [0.29, 0.717) is 49.2 Å². The van der Waals surface area contributed by atoms with Crippen LogP contribution in [-0.4, -0.2) is 64.5 Å². The fourth-order valence-corrected chi connectivity index (χ4v) is 3.57. The molecule has 1 amide bonds. The highest BCUT2D eigenvalue weighted by atomic mass is 16.5. The van der Waals surface area contributed by atoms with E-state index in [1.165, 1.54) is 0 Å². The van der Waals surface area contributed by atoms with Crippen molar-refractivity contribution in [3.63, 3.8) is 0 Å².